The van der Waals surface area contributed by atoms with Gasteiger partial charge in [-0.25, -0.2) is 18.4 Å². The van der Waals surface area contributed by atoms with E-state index in [1.807, 2.05) is 25.1 Å². The largest absolute Gasteiger partial charge is 0.334 e. The molecule has 0 aliphatic rings. The molecule has 0 radical (unpaired) electrons. The van der Waals surface area contributed by atoms with E-state index >= 15 is 0 Å². The summed E-state index contributed by atoms with van der Waals surface area (Å²) < 4.78 is 22.3. The first-order chi connectivity index (χ1) is 10.9. The van der Waals surface area contributed by atoms with Crippen molar-refractivity contribution in [3.8, 4) is 0 Å². The second-order valence-corrected chi connectivity index (χ2v) is 6.55. The first-order valence-electron chi connectivity index (χ1n) is 6.93. The highest BCUT2D eigenvalue weighted by molar-refractivity contribution is 7.89. The number of urea groups is 1. The Bertz CT molecular complexity index is 761. The first kappa shape index (κ1) is 16.9. The van der Waals surface area contributed by atoms with E-state index in [-0.39, 0.29) is 23.5 Å². The van der Waals surface area contributed by atoms with Gasteiger partial charge in [0.15, 0.2) is 0 Å². The number of nitrogens with zero attached hydrogens (tertiary/aromatic N) is 1. The molecule has 8 heteroatoms. The van der Waals surface area contributed by atoms with E-state index in [1.54, 1.807) is 18.3 Å². The Morgan fingerprint density at radius 1 is 1.22 bits per heavy atom. The number of hydrogen-bond acceptors (Lipinski definition) is 4. The minimum atomic E-state index is -3.70. The lowest BCUT2D eigenvalue weighted by molar-refractivity contribution is 0.237. The minimum absolute atomic E-state index is 0.0366. The van der Waals surface area contributed by atoms with E-state index in [2.05, 4.69) is 15.6 Å². The fourth-order valence-electron chi connectivity index (χ4n) is 1.93. The molecule has 2 rings (SSSR count). The average Bonchev–Trinajstić information content (AvgIpc) is 2.53. The highest BCUT2D eigenvalue weighted by Gasteiger charge is 2.10. The smallest absolute Gasteiger partial charge is 0.315 e. The highest BCUT2D eigenvalue weighted by atomic mass is 32.2. The fourth-order valence-corrected chi connectivity index (χ4v) is 2.45. The van der Waals surface area contributed by atoms with Crippen LogP contribution in [0.5, 0.6) is 0 Å². The Morgan fingerprint density at radius 3 is 2.48 bits per heavy atom. The zero-order chi connectivity index (χ0) is 16.9. The van der Waals surface area contributed by atoms with Crippen molar-refractivity contribution in [2.75, 3.05) is 0 Å². The van der Waals surface area contributed by atoms with Gasteiger partial charge in [0.25, 0.3) is 0 Å². The van der Waals surface area contributed by atoms with Crippen molar-refractivity contribution >= 4 is 16.1 Å². The summed E-state index contributed by atoms with van der Waals surface area (Å²) in [5, 5.41) is 10.5. The van der Waals surface area contributed by atoms with Crippen LogP contribution >= 0.6 is 0 Å². The molecule has 0 unspecified atom stereocenters. The molecule has 1 heterocycles. The fraction of sp³-hybridized carbons (Fsp3) is 0.200. The number of nitrogens with one attached hydrogen (secondary N) is 2. The summed E-state index contributed by atoms with van der Waals surface area (Å²) in [6, 6.07) is 10.9. The van der Waals surface area contributed by atoms with Crippen molar-refractivity contribution in [3.63, 3.8) is 0 Å². The van der Waals surface area contributed by atoms with E-state index in [0.717, 1.165) is 11.3 Å². The zero-order valence-electron chi connectivity index (χ0n) is 12.6. The number of pyridine rings is 1. The van der Waals surface area contributed by atoms with Gasteiger partial charge in [-0.15, -0.1) is 0 Å². The van der Waals surface area contributed by atoms with E-state index in [9.17, 15) is 13.2 Å². The van der Waals surface area contributed by atoms with Crippen LogP contribution in [0.15, 0.2) is 53.6 Å². The van der Waals surface area contributed by atoms with Gasteiger partial charge in [0.05, 0.1) is 16.6 Å². The molecule has 23 heavy (non-hydrogen) atoms. The normalized spacial score (nSPS) is 12.4. The highest BCUT2D eigenvalue weighted by Crippen LogP contribution is 2.09. The monoisotopic (exact) mass is 334 g/mol. The molecule has 1 aromatic carbocycles. The molecule has 0 spiro atoms. The third kappa shape index (κ3) is 5.04. The van der Waals surface area contributed by atoms with Crippen LogP contribution in [0, 0.1) is 0 Å². The molecule has 2 amide bonds. The lowest BCUT2D eigenvalue weighted by Gasteiger charge is -2.14. The van der Waals surface area contributed by atoms with Gasteiger partial charge in [0, 0.05) is 12.7 Å². The number of hydrogen-bond donors (Lipinski definition) is 3. The Balaban J connectivity index is 1.87. The summed E-state index contributed by atoms with van der Waals surface area (Å²) in [7, 11) is -3.70. The molecule has 1 aromatic heterocycles. The lowest BCUT2D eigenvalue weighted by atomic mass is 10.2. The van der Waals surface area contributed by atoms with Gasteiger partial charge in [-0.05, 0) is 36.8 Å². The number of rotatable bonds is 5. The van der Waals surface area contributed by atoms with Gasteiger partial charge in [-0.1, -0.05) is 18.2 Å². The Morgan fingerprint density at radius 2 is 1.91 bits per heavy atom. The lowest BCUT2D eigenvalue weighted by Crippen LogP contribution is -2.36. The van der Waals surface area contributed by atoms with Crippen LogP contribution in [-0.4, -0.2) is 19.4 Å². The summed E-state index contributed by atoms with van der Waals surface area (Å²) >= 11 is 0. The number of carbonyl (C=O) groups excluding carboxylic acids is 1. The molecule has 0 saturated carbocycles. The third-order valence-corrected chi connectivity index (χ3v) is 4.11. The van der Waals surface area contributed by atoms with Crippen molar-refractivity contribution in [2.45, 2.75) is 24.4 Å². The molecule has 0 aliphatic carbocycles. The van der Waals surface area contributed by atoms with E-state index in [0.29, 0.717) is 0 Å². The minimum Gasteiger partial charge on any atom is -0.334 e. The number of aromatic nitrogens is 1. The molecular weight excluding hydrogens is 316 g/mol. The van der Waals surface area contributed by atoms with Crippen LogP contribution in [0.1, 0.15) is 24.2 Å². The maximum Gasteiger partial charge on any atom is 0.315 e. The topological polar surface area (TPSA) is 114 Å². The van der Waals surface area contributed by atoms with Gasteiger partial charge in [0.2, 0.25) is 10.0 Å². The predicted octanol–water partition coefficient (Wildman–Crippen LogP) is 1.29. The zero-order valence-corrected chi connectivity index (χ0v) is 13.4. The van der Waals surface area contributed by atoms with Crippen LogP contribution in [0.4, 0.5) is 4.79 Å². The van der Waals surface area contributed by atoms with E-state index in [1.165, 1.54) is 12.1 Å². The average molecular weight is 334 g/mol. The molecule has 0 fully saturated rings. The SMILES string of the molecule is C[C@@H](NC(=O)NCc1ccc(S(N)(=O)=O)cc1)c1ccccn1. The summed E-state index contributed by atoms with van der Waals surface area (Å²) in [6.07, 6.45) is 1.67. The Hall–Kier alpha value is -2.45. The Labute approximate surface area is 135 Å². The van der Waals surface area contributed by atoms with E-state index < -0.39 is 10.0 Å². The molecular formula is C15H18N4O3S. The van der Waals surface area contributed by atoms with Gasteiger partial charge < -0.3 is 10.6 Å². The van der Waals surface area contributed by atoms with Crippen molar-refractivity contribution in [1.82, 2.24) is 15.6 Å². The maximum atomic E-state index is 11.9. The van der Waals surface area contributed by atoms with Gasteiger partial charge in [-0.3, -0.25) is 4.98 Å². The first-order valence-corrected chi connectivity index (χ1v) is 8.48. The van der Waals surface area contributed by atoms with Crippen molar-refractivity contribution in [2.24, 2.45) is 5.14 Å². The second-order valence-electron chi connectivity index (χ2n) is 4.99. The van der Waals surface area contributed by atoms with Gasteiger partial charge in [-0.2, -0.15) is 0 Å². The molecule has 122 valence electrons. The molecule has 4 N–H and O–H groups in total. The van der Waals surface area contributed by atoms with Gasteiger partial charge in [0.1, 0.15) is 0 Å². The summed E-state index contributed by atoms with van der Waals surface area (Å²) in [6.45, 7) is 2.11. The number of nitrogens with two attached hydrogens (primary N) is 1. The molecule has 7 nitrogen and oxygen atoms in total. The number of carbonyl (C=O) groups is 1. The van der Waals surface area contributed by atoms with Crippen LogP contribution in [0.25, 0.3) is 0 Å². The van der Waals surface area contributed by atoms with Crippen LogP contribution in [0.3, 0.4) is 0 Å². The van der Waals surface area contributed by atoms with Crippen molar-refractivity contribution in [1.29, 1.82) is 0 Å². The van der Waals surface area contributed by atoms with Crippen LogP contribution in [-0.2, 0) is 16.6 Å². The van der Waals surface area contributed by atoms with Crippen molar-refractivity contribution < 1.29 is 13.2 Å². The number of amides is 2. The van der Waals surface area contributed by atoms with Crippen LogP contribution < -0.4 is 15.8 Å². The van der Waals surface area contributed by atoms with Gasteiger partial charge >= 0.3 is 6.03 Å². The molecule has 0 bridgehead atoms. The quantitative estimate of drug-likeness (QED) is 0.764. The molecule has 2 aromatic rings. The summed E-state index contributed by atoms with van der Waals surface area (Å²) in [5.74, 6) is 0. The van der Waals surface area contributed by atoms with Crippen LogP contribution in [0.2, 0.25) is 0 Å². The predicted molar refractivity (Wildman–Crippen MR) is 85.8 cm³/mol. The number of benzene rings is 1. The van der Waals surface area contributed by atoms with E-state index in [4.69, 9.17) is 5.14 Å². The summed E-state index contributed by atoms with van der Waals surface area (Å²) in [5.41, 5.74) is 1.53. The summed E-state index contributed by atoms with van der Waals surface area (Å²) in [4.78, 5) is 16.1. The Kier molecular flexibility index (Phi) is 5.30. The number of primary sulfonamides is 1. The molecule has 1 atom stereocenters. The second kappa shape index (κ2) is 7.21. The maximum absolute atomic E-state index is 11.9. The molecule has 0 saturated heterocycles. The third-order valence-electron chi connectivity index (χ3n) is 3.18. The number of sulfonamides is 1. The van der Waals surface area contributed by atoms with Crippen molar-refractivity contribution in [3.05, 3.63) is 59.9 Å². The molecule has 0 aliphatic heterocycles. The standard InChI is InChI=1S/C15H18N4O3S/c1-11(14-4-2-3-9-17-14)19-15(20)18-10-12-5-7-13(8-6-12)23(16,21)22/h2-9,11H,10H2,1H3,(H2,16,21,22)(H2,18,19,20)/t11-/m1/s1.